The van der Waals surface area contributed by atoms with Crippen LogP contribution in [-0.2, 0) is 0 Å². The third kappa shape index (κ3) is 4.05. The fraction of sp³-hybridized carbons (Fsp3) is 0.400. The van der Waals surface area contributed by atoms with E-state index < -0.39 is 0 Å². The predicted molar refractivity (Wildman–Crippen MR) is 93.3 cm³/mol. The van der Waals surface area contributed by atoms with E-state index in [1.807, 2.05) is 31.2 Å². The predicted octanol–water partition coefficient (Wildman–Crippen LogP) is 3.86. The van der Waals surface area contributed by atoms with Gasteiger partial charge in [-0.25, -0.2) is 0 Å². The Morgan fingerprint density at radius 1 is 0.957 bits per heavy atom. The summed E-state index contributed by atoms with van der Waals surface area (Å²) in [6, 6.07) is 18.7. The van der Waals surface area contributed by atoms with Crippen LogP contribution in [0.4, 0.5) is 0 Å². The Morgan fingerprint density at radius 2 is 1.65 bits per heavy atom. The molecule has 0 spiro atoms. The van der Waals surface area contributed by atoms with Gasteiger partial charge in [0.05, 0.1) is 13.2 Å². The molecule has 1 N–H and O–H groups in total. The van der Waals surface area contributed by atoms with Crippen molar-refractivity contribution in [2.75, 3.05) is 26.3 Å². The van der Waals surface area contributed by atoms with E-state index in [1.165, 1.54) is 5.56 Å². The van der Waals surface area contributed by atoms with Crippen LogP contribution in [0.1, 0.15) is 24.8 Å². The lowest BCUT2D eigenvalue weighted by Gasteiger charge is -2.32. The van der Waals surface area contributed by atoms with Crippen LogP contribution in [0.15, 0.2) is 54.6 Å². The van der Waals surface area contributed by atoms with Gasteiger partial charge >= 0.3 is 0 Å². The van der Waals surface area contributed by atoms with Crippen LogP contribution in [0, 0.1) is 5.92 Å². The lowest BCUT2D eigenvalue weighted by atomic mass is 9.81. The van der Waals surface area contributed by atoms with E-state index >= 15 is 0 Å². The zero-order valence-electron chi connectivity index (χ0n) is 13.7. The van der Waals surface area contributed by atoms with Crippen molar-refractivity contribution >= 4 is 0 Å². The van der Waals surface area contributed by atoms with Gasteiger partial charge in [0.15, 0.2) is 11.5 Å². The molecule has 2 atom stereocenters. The summed E-state index contributed by atoms with van der Waals surface area (Å²) >= 11 is 0. The van der Waals surface area contributed by atoms with E-state index in [0.29, 0.717) is 25.0 Å². The van der Waals surface area contributed by atoms with E-state index in [9.17, 15) is 0 Å². The van der Waals surface area contributed by atoms with E-state index in [2.05, 4.69) is 35.6 Å². The highest BCUT2D eigenvalue weighted by atomic mass is 16.5. The first-order chi connectivity index (χ1) is 11.4. The largest absolute Gasteiger partial charge is 0.490 e. The summed E-state index contributed by atoms with van der Waals surface area (Å²) in [7, 11) is 0. The molecule has 3 nitrogen and oxygen atoms in total. The summed E-state index contributed by atoms with van der Waals surface area (Å²) in [4.78, 5) is 0. The van der Waals surface area contributed by atoms with Gasteiger partial charge < -0.3 is 14.8 Å². The number of piperidine rings is 1. The number of nitrogens with one attached hydrogen (secondary N) is 1. The van der Waals surface area contributed by atoms with E-state index in [0.717, 1.165) is 31.0 Å². The molecule has 0 unspecified atom stereocenters. The molecule has 0 amide bonds. The highest BCUT2D eigenvalue weighted by molar-refractivity contribution is 5.39. The summed E-state index contributed by atoms with van der Waals surface area (Å²) < 4.78 is 11.8. The van der Waals surface area contributed by atoms with Gasteiger partial charge in [-0.05, 0) is 43.5 Å². The van der Waals surface area contributed by atoms with Gasteiger partial charge in [-0.2, -0.15) is 0 Å². The second-order valence-corrected chi connectivity index (χ2v) is 5.96. The zero-order chi connectivity index (χ0) is 15.9. The molecule has 3 rings (SSSR count). The molecule has 0 aliphatic carbocycles. The second-order valence-electron chi connectivity index (χ2n) is 5.96. The molecular weight excluding hydrogens is 286 g/mol. The molecule has 122 valence electrons. The fourth-order valence-corrected chi connectivity index (χ4v) is 3.28. The number of para-hydroxylation sites is 2. The molecule has 0 radical (unpaired) electrons. The number of rotatable bonds is 6. The number of benzene rings is 2. The highest BCUT2D eigenvalue weighted by Crippen LogP contribution is 2.32. The van der Waals surface area contributed by atoms with Crippen LogP contribution >= 0.6 is 0 Å². The van der Waals surface area contributed by atoms with Gasteiger partial charge in [-0.15, -0.1) is 0 Å². The quantitative estimate of drug-likeness (QED) is 0.879. The first-order valence-electron chi connectivity index (χ1n) is 8.48. The molecule has 1 heterocycles. The van der Waals surface area contributed by atoms with Crippen molar-refractivity contribution in [2.24, 2.45) is 5.92 Å². The van der Waals surface area contributed by atoms with Crippen LogP contribution in [0.2, 0.25) is 0 Å². The highest BCUT2D eigenvalue weighted by Gasteiger charge is 2.27. The molecule has 1 aliphatic heterocycles. The third-order valence-electron chi connectivity index (χ3n) is 4.44. The van der Waals surface area contributed by atoms with Crippen LogP contribution in [0.3, 0.4) is 0 Å². The lowest BCUT2D eigenvalue weighted by Crippen LogP contribution is -2.38. The van der Waals surface area contributed by atoms with Crippen molar-refractivity contribution in [1.29, 1.82) is 0 Å². The average Bonchev–Trinajstić information content (AvgIpc) is 2.62. The molecular formula is C20H25NO2. The van der Waals surface area contributed by atoms with Crippen molar-refractivity contribution < 1.29 is 9.47 Å². The second kappa shape index (κ2) is 8.02. The number of hydrogen-bond donors (Lipinski definition) is 1. The monoisotopic (exact) mass is 311 g/mol. The van der Waals surface area contributed by atoms with Gasteiger partial charge in [0, 0.05) is 12.5 Å². The summed E-state index contributed by atoms with van der Waals surface area (Å²) in [5.74, 6) is 2.69. The molecule has 1 saturated heterocycles. The van der Waals surface area contributed by atoms with Gasteiger partial charge in [0.25, 0.3) is 0 Å². The Bertz CT molecular complexity index is 600. The SMILES string of the molecule is CCOc1ccccc1OC[C@@H]1CNCC[C@@H]1c1ccccc1. The minimum Gasteiger partial charge on any atom is -0.490 e. The Balaban J connectivity index is 1.68. The maximum Gasteiger partial charge on any atom is 0.161 e. The first kappa shape index (κ1) is 15.9. The minimum atomic E-state index is 0.473. The van der Waals surface area contributed by atoms with Gasteiger partial charge in [0.2, 0.25) is 0 Å². The van der Waals surface area contributed by atoms with E-state index in [-0.39, 0.29) is 0 Å². The van der Waals surface area contributed by atoms with Crippen molar-refractivity contribution in [3.05, 3.63) is 60.2 Å². The van der Waals surface area contributed by atoms with Crippen LogP contribution < -0.4 is 14.8 Å². The van der Waals surface area contributed by atoms with E-state index in [1.54, 1.807) is 0 Å². The minimum absolute atomic E-state index is 0.473. The summed E-state index contributed by atoms with van der Waals surface area (Å²) in [5.41, 5.74) is 1.42. The summed E-state index contributed by atoms with van der Waals surface area (Å²) in [6.45, 7) is 5.42. The van der Waals surface area contributed by atoms with Crippen molar-refractivity contribution in [3.8, 4) is 11.5 Å². The molecule has 0 saturated carbocycles. The maximum atomic E-state index is 6.12. The molecule has 0 aromatic heterocycles. The Labute approximate surface area is 138 Å². The van der Waals surface area contributed by atoms with Crippen molar-refractivity contribution in [3.63, 3.8) is 0 Å². The standard InChI is InChI=1S/C20H25NO2/c1-2-22-19-10-6-7-11-20(19)23-15-17-14-21-13-12-18(17)16-8-4-3-5-9-16/h3-11,17-18,21H,2,12-15H2,1H3/t17-,18+/m0/s1. The van der Waals surface area contributed by atoms with Crippen molar-refractivity contribution in [2.45, 2.75) is 19.3 Å². The number of hydrogen-bond acceptors (Lipinski definition) is 3. The fourth-order valence-electron chi connectivity index (χ4n) is 3.28. The Morgan fingerprint density at radius 3 is 2.39 bits per heavy atom. The Hall–Kier alpha value is -2.00. The molecule has 23 heavy (non-hydrogen) atoms. The smallest absolute Gasteiger partial charge is 0.161 e. The summed E-state index contributed by atoms with van der Waals surface area (Å²) in [6.07, 6.45) is 1.16. The average molecular weight is 311 g/mol. The molecule has 2 aromatic rings. The lowest BCUT2D eigenvalue weighted by molar-refractivity contribution is 0.189. The normalized spacial score (nSPS) is 20.9. The molecule has 1 aliphatic rings. The zero-order valence-corrected chi connectivity index (χ0v) is 13.7. The first-order valence-corrected chi connectivity index (χ1v) is 8.48. The molecule has 3 heteroatoms. The molecule has 2 aromatic carbocycles. The van der Waals surface area contributed by atoms with Crippen LogP contribution in [0.25, 0.3) is 0 Å². The molecule has 1 fully saturated rings. The topological polar surface area (TPSA) is 30.5 Å². The Kier molecular flexibility index (Phi) is 5.54. The van der Waals surface area contributed by atoms with Gasteiger partial charge in [-0.1, -0.05) is 42.5 Å². The molecule has 0 bridgehead atoms. The van der Waals surface area contributed by atoms with E-state index in [4.69, 9.17) is 9.47 Å². The van der Waals surface area contributed by atoms with Gasteiger partial charge in [-0.3, -0.25) is 0 Å². The van der Waals surface area contributed by atoms with Gasteiger partial charge in [0.1, 0.15) is 0 Å². The van der Waals surface area contributed by atoms with Crippen LogP contribution in [-0.4, -0.2) is 26.3 Å². The number of ether oxygens (including phenoxy) is 2. The summed E-state index contributed by atoms with van der Waals surface area (Å²) in [5, 5.41) is 3.50. The third-order valence-corrected chi connectivity index (χ3v) is 4.44. The van der Waals surface area contributed by atoms with Crippen molar-refractivity contribution in [1.82, 2.24) is 5.32 Å². The maximum absolute atomic E-state index is 6.12. The van der Waals surface area contributed by atoms with Crippen LogP contribution in [0.5, 0.6) is 11.5 Å².